The maximum absolute atomic E-state index is 12.1. The van der Waals surface area contributed by atoms with Gasteiger partial charge in [-0.2, -0.15) is 0 Å². The first-order valence-electron chi connectivity index (χ1n) is 6.53. The fraction of sp³-hybridized carbons (Fsp3) is 0.333. The van der Waals surface area contributed by atoms with Crippen LogP contribution in [0.2, 0.25) is 0 Å². The van der Waals surface area contributed by atoms with Crippen LogP contribution in [0.4, 0.5) is 5.69 Å². The minimum atomic E-state index is -0.0876. The van der Waals surface area contributed by atoms with Gasteiger partial charge in [0.2, 0.25) is 5.91 Å². The maximum Gasteiger partial charge on any atom is 0.230 e. The number of carbonyl (C=O) groups excluding carboxylic acids is 1. The van der Waals surface area contributed by atoms with E-state index in [1.54, 1.807) is 0 Å². The number of aryl methyl sites for hydroxylation is 2. The summed E-state index contributed by atoms with van der Waals surface area (Å²) >= 11 is 1.50. The van der Waals surface area contributed by atoms with Crippen molar-refractivity contribution in [1.29, 1.82) is 0 Å². The highest BCUT2D eigenvalue weighted by atomic mass is 32.1. The first kappa shape index (κ1) is 14.7. The van der Waals surface area contributed by atoms with E-state index in [2.05, 4.69) is 10.3 Å². The first-order chi connectivity index (χ1) is 9.47. The van der Waals surface area contributed by atoms with E-state index < -0.39 is 0 Å². The van der Waals surface area contributed by atoms with Gasteiger partial charge < -0.3 is 11.1 Å². The Bertz CT molecular complexity index is 599. The molecule has 1 aromatic heterocycles. The van der Waals surface area contributed by atoms with Gasteiger partial charge >= 0.3 is 0 Å². The molecule has 4 nitrogen and oxygen atoms in total. The van der Waals surface area contributed by atoms with Gasteiger partial charge in [0.1, 0.15) is 5.01 Å². The van der Waals surface area contributed by atoms with Crippen molar-refractivity contribution in [3.05, 3.63) is 45.4 Å². The molecule has 1 atom stereocenters. The fourth-order valence-corrected chi connectivity index (χ4v) is 2.75. The zero-order valence-electron chi connectivity index (χ0n) is 11.9. The lowest BCUT2D eigenvalue weighted by Gasteiger charge is -2.10. The van der Waals surface area contributed by atoms with Crippen LogP contribution in [0.3, 0.4) is 0 Å². The lowest BCUT2D eigenvalue weighted by molar-refractivity contribution is -0.115. The topological polar surface area (TPSA) is 68.0 Å². The average molecular weight is 289 g/mol. The largest absolute Gasteiger partial charge is 0.325 e. The van der Waals surface area contributed by atoms with Crippen molar-refractivity contribution in [3.8, 4) is 0 Å². The Morgan fingerprint density at radius 1 is 1.40 bits per heavy atom. The van der Waals surface area contributed by atoms with E-state index in [9.17, 15) is 4.79 Å². The monoisotopic (exact) mass is 289 g/mol. The van der Waals surface area contributed by atoms with Crippen LogP contribution in [0.1, 0.15) is 34.8 Å². The number of carbonyl (C=O) groups is 1. The van der Waals surface area contributed by atoms with Crippen LogP contribution in [-0.2, 0) is 11.2 Å². The van der Waals surface area contributed by atoms with Crippen LogP contribution in [0.5, 0.6) is 0 Å². The molecule has 20 heavy (non-hydrogen) atoms. The molecule has 0 aliphatic carbocycles. The number of hydrogen-bond donors (Lipinski definition) is 2. The van der Waals surface area contributed by atoms with Crippen molar-refractivity contribution in [1.82, 2.24) is 4.98 Å². The number of thiazole rings is 1. The highest BCUT2D eigenvalue weighted by Gasteiger charge is 2.11. The second-order valence-corrected chi connectivity index (χ2v) is 5.85. The maximum atomic E-state index is 12.1. The van der Waals surface area contributed by atoms with E-state index in [1.807, 2.05) is 44.4 Å². The molecule has 2 aromatic rings. The van der Waals surface area contributed by atoms with Gasteiger partial charge in [0.05, 0.1) is 18.2 Å². The van der Waals surface area contributed by atoms with Gasteiger partial charge in [0.15, 0.2) is 0 Å². The average Bonchev–Trinajstić information content (AvgIpc) is 2.82. The van der Waals surface area contributed by atoms with Crippen molar-refractivity contribution >= 4 is 22.9 Å². The zero-order valence-corrected chi connectivity index (χ0v) is 12.8. The number of nitrogens with two attached hydrogens (primary N) is 1. The summed E-state index contributed by atoms with van der Waals surface area (Å²) in [4.78, 5) is 16.5. The SMILES string of the molecule is Cc1cccc(C)c1NC(=O)Cc1csc(C(C)N)n1. The third-order valence-corrected chi connectivity index (χ3v) is 4.14. The smallest absolute Gasteiger partial charge is 0.230 e. The minimum Gasteiger partial charge on any atom is -0.325 e. The molecule has 2 rings (SSSR count). The molecule has 1 unspecified atom stereocenters. The van der Waals surface area contributed by atoms with Gasteiger partial charge in [-0.25, -0.2) is 4.98 Å². The second-order valence-electron chi connectivity index (χ2n) is 4.96. The summed E-state index contributed by atoms with van der Waals surface area (Å²) in [5.74, 6) is -0.0519. The standard InChI is InChI=1S/C15H19N3OS/c1-9-5-4-6-10(2)14(9)18-13(19)7-12-8-20-15(17-12)11(3)16/h4-6,8,11H,7,16H2,1-3H3,(H,18,19). The molecule has 1 amide bonds. The van der Waals surface area contributed by atoms with Crippen LogP contribution in [0.25, 0.3) is 0 Å². The number of anilines is 1. The predicted molar refractivity (Wildman–Crippen MR) is 83.0 cm³/mol. The predicted octanol–water partition coefficient (Wildman–Crippen LogP) is 2.96. The van der Waals surface area contributed by atoms with Crippen LogP contribution < -0.4 is 11.1 Å². The number of rotatable bonds is 4. The van der Waals surface area contributed by atoms with E-state index in [1.165, 1.54) is 11.3 Å². The summed E-state index contributed by atoms with van der Waals surface area (Å²) in [5.41, 5.74) is 9.55. The molecule has 0 aliphatic heterocycles. The number of hydrogen-bond acceptors (Lipinski definition) is 4. The summed E-state index contributed by atoms with van der Waals surface area (Å²) < 4.78 is 0. The number of para-hydroxylation sites is 1. The third-order valence-electron chi connectivity index (χ3n) is 3.05. The van der Waals surface area contributed by atoms with Crippen molar-refractivity contribution in [2.45, 2.75) is 33.2 Å². The van der Waals surface area contributed by atoms with Crippen LogP contribution >= 0.6 is 11.3 Å². The molecule has 1 heterocycles. The van der Waals surface area contributed by atoms with Gasteiger partial charge in [-0.3, -0.25) is 4.79 Å². The molecule has 0 saturated heterocycles. The normalized spacial score (nSPS) is 12.2. The van der Waals surface area contributed by atoms with Crippen LogP contribution in [0.15, 0.2) is 23.6 Å². The molecule has 0 aliphatic rings. The zero-order chi connectivity index (χ0) is 14.7. The van der Waals surface area contributed by atoms with Gasteiger partial charge in [-0.1, -0.05) is 18.2 Å². The minimum absolute atomic E-state index is 0.0519. The number of amides is 1. The summed E-state index contributed by atoms with van der Waals surface area (Å²) in [5, 5.41) is 5.71. The Balaban J connectivity index is 2.05. The first-order valence-corrected chi connectivity index (χ1v) is 7.41. The van der Waals surface area contributed by atoms with E-state index in [0.717, 1.165) is 27.5 Å². The van der Waals surface area contributed by atoms with Gasteiger partial charge in [-0.15, -0.1) is 11.3 Å². The van der Waals surface area contributed by atoms with Crippen molar-refractivity contribution in [3.63, 3.8) is 0 Å². The highest BCUT2D eigenvalue weighted by Crippen LogP contribution is 2.20. The molecule has 0 radical (unpaired) electrons. The summed E-state index contributed by atoms with van der Waals surface area (Å²) in [6.45, 7) is 5.86. The van der Waals surface area contributed by atoms with E-state index in [-0.39, 0.29) is 18.4 Å². The highest BCUT2D eigenvalue weighted by molar-refractivity contribution is 7.09. The summed E-state index contributed by atoms with van der Waals surface area (Å²) in [6, 6.07) is 5.87. The molecular weight excluding hydrogens is 270 g/mol. The van der Waals surface area contributed by atoms with E-state index >= 15 is 0 Å². The summed E-state index contributed by atoms with van der Waals surface area (Å²) in [6.07, 6.45) is 0.275. The lowest BCUT2D eigenvalue weighted by Crippen LogP contribution is -2.16. The van der Waals surface area contributed by atoms with E-state index in [0.29, 0.717) is 0 Å². The molecule has 3 N–H and O–H groups in total. The Morgan fingerprint density at radius 2 is 2.05 bits per heavy atom. The Kier molecular flexibility index (Phi) is 4.52. The van der Waals surface area contributed by atoms with Crippen molar-refractivity contribution in [2.75, 3.05) is 5.32 Å². The number of nitrogens with zero attached hydrogens (tertiary/aromatic N) is 1. The lowest BCUT2D eigenvalue weighted by atomic mass is 10.1. The molecule has 0 fully saturated rings. The Labute approximate surface area is 123 Å². The molecule has 0 spiro atoms. The van der Waals surface area contributed by atoms with Crippen LogP contribution in [-0.4, -0.2) is 10.9 Å². The Morgan fingerprint density at radius 3 is 2.60 bits per heavy atom. The van der Waals surface area contributed by atoms with Gasteiger partial charge in [0.25, 0.3) is 0 Å². The third kappa shape index (κ3) is 3.43. The fourth-order valence-electron chi connectivity index (χ4n) is 1.97. The van der Waals surface area contributed by atoms with E-state index in [4.69, 9.17) is 5.73 Å². The number of aromatic nitrogens is 1. The quantitative estimate of drug-likeness (QED) is 0.909. The Hall–Kier alpha value is -1.72. The molecular formula is C15H19N3OS. The number of benzene rings is 1. The summed E-state index contributed by atoms with van der Waals surface area (Å²) in [7, 11) is 0. The van der Waals surface area contributed by atoms with Crippen molar-refractivity contribution in [2.24, 2.45) is 5.73 Å². The molecule has 1 aromatic carbocycles. The van der Waals surface area contributed by atoms with Gasteiger partial charge in [-0.05, 0) is 31.9 Å². The van der Waals surface area contributed by atoms with Gasteiger partial charge in [0, 0.05) is 11.1 Å². The van der Waals surface area contributed by atoms with Crippen molar-refractivity contribution < 1.29 is 4.79 Å². The molecule has 0 bridgehead atoms. The number of nitrogens with one attached hydrogen (secondary N) is 1. The molecule has 5 heteroatoms. The molecule has 106 valence electrons. The molecule has 0 saturated carbocycles. The second kappa shape index (κ2) is 6.15. The van der Waals surface area contributed by atoms with Crippen LogP contribution in [0, 0.1) is 13.8 Å².